The number of H-pyrrole nitrogens is 1. The van der Waals surface area contributed by atoms with Crippen molar-refractivity contribution >= 4 is 5.69 Å². The number of nitrogens with one attached hydrogen (secondary N) is 1. The molecule has 2 heterocycles. The molecule has 0 aliphatic heterocycles. The van der Waals surface area contributed by atoms with Gasteiger partial charge in [0.15, 0.2) is 11.5 Å². The summed E-state index contributed by atoms with van der Waals surface area (Å²) >= 11 is 0. The molecule has 0 radical (unpaired) electrons. The first kappa shape index (κ1) is 22.7. The third-order valence-corrected chi connectivity index (χ3v) is 4.92. The van der Waals surface area contributed by atoms with E-state index >= 15 is 0 Å². The number of rotatable bonds is 6. The molecule has 6 nitrogen and oxygen atoms in total. The summed E-state index contributed by atoms with van der Waals surface area (Å²) in [5.74, 6) is 1.87. The predicted molar refractivity (Wildman–Crippen MR) is 130 cm³/mol. The molecule has 6 heteroatoms. The molecule has 0 fully saturated rings. The Balaban J connectivity index is 0.000000416. The van der Waals surface area contributed by atoms with E-state index in [1.807, 2.05) is 50.6 Å². The first-order valence-corrected chi connectivity index (χ1v) is 10.2. The maximum Gasteiger partial charge on any atom is 0.203 e. The van der Waals surface area contributed by atoms with Crippen LogP contribution in [0, 0.1) is 0 Å². The van der Waals surface area contributed by atoms with E-state index in [1.165, 1.54) is 0 Å². The van der Waals surface area contributed by atoms with Gasteiger partial charge in [-0.15, -0.1) is 0 Å². The Morgan fingerprint density at radius 1 is 0.719 bits per heavy atom. The summed E-state index contributed by atoms with van der Waals surface area (Å²) in [7, 11) is 8.92. The van der Waals surface area contributed by atoms with Crippen molar-refractivity contribution in [3.8, 4) is 39.6 Å². The quantitative estimate of drug-likeness (QED) is 0.435. The smallest absolute Gasteiger partial charge is 0.203 e. The van der Waals surface area contributed by atoms with Gasteiger partial charge in [-0.05, 0) is 53.6 Å². The molecule has 0 bridgehead atoms. The topological polar surface area (TPSA) is 59.6 Å². The van der Waals surface area contributed by atoms with E-state index in [9.17, 15) is 0 Å². The van der Waals surface area contributed by atoms with E-state index in [-0.39, 0.29) is 0 Å². The molecule has 0 spiro atoms. The molecule has 4 aromatic rings. The normalized spacial score (nSPS) is 10.0. The maximum absolute atomic E-state index is 5.45. The molecular weight excluding hydrogens is 402 g/mol. The lowest BCUT2D eigenvalue weighted by Crippen LogP contribution is -2.08. The van der Waals surface area contributed by atoms with Crippen LogP contribution in [0.3, 0.4) is 0 Å². The second-order valence-electron chi connectivity index (χ2n) is 7.19. The number of aromatic amines is 1. The van der Waals surface area contributed by atoms with E-state index in [4.69, 9.17) is 14.2 Å². The van der Waals surface area contributed by atoms with Crippen molar-refractivity contribution in [2.45, 2.75) is 0 Å². The molecule has 2 aromatic heterocycles. The molecule has 0 saturated heterocycles. The molecule has 1 N–H and O–H groups in total. The molecule has 4 rings (SSSR count). The Morgan fingerprint density at radius 2 is 1.41 bits per heavy atom. The van der Waals surface area contributed by atoms with Gasteiger partial charge in [-0.25, -0.2) is 0 Å². The van der Waals surface area contributed by atoms with Crippen LogP contribution in [-0.4, -0.2) is 45.4 Å². The van der Waals surface area contributed by atoms with Crippen LogP contribution in [0.25, 0.3) is 22.4 Å². The van der Waals surface area contributed by atoms with Crippen molar-refractivity contribution in [2.75, 3.05) is 40.3 Å². The number of pyridine rings is 1. The Bertz CT molecular complexity index is 1070. The van der Waals surface area contributed by atoms with Crippen molar-refractivity contribution in [2.24, 2.45) is 0 Å². The molecule has 32 heavy (non-hydrogen) atoms. The van der Waals surface area contributed by atoms with E-state index in [1.54, 1.807) is 33.7 Å². The summed E-state index contributed by atoms with van der Waals surface area (Å²) in [6.07, 6.45) is 5.48. The van der Waals surface area contributed by atoms with E-state index in [2.05, 4.69) is 45.2 Å². The number of nitrogens with zero attached hydrogens (tertiary/aromatic N) is 2. The Morgan fingerprint density at radius 3 is 1.91 bits per heavy atom. The standard InChI is InChI=1S/C21H24N2O3.C5H5N/c1-23(2)17-8-6-7-14(9-17)18-10-16(13-22-18)15-11-19(24-3)21(26-5)20(12-15)25-4;1-2-4-6-5-3-1/h6-13,22H,1-5H3;1-5H. The highest BCUT2D eigenvalue weighted by molar-refractivity contribution is 5.76. The maximum atomic E-state index is 5.45. The fourth-order valence-corrected chi connectivity index (χ4v) is 3.24. The Hall–Kier alpha value is -3.93. The zero-order valence-electron chi connectivity index (χ0n) is 19.1. The van der Waals surface area contributed by atoms with Gasteiger partial charge in [0.1, 0.15) is 0 Å². The number of benzene rings is 2. The van der Waals surface area contributed by atoms with Gasteiger partial charge in [-0.2, -0.15) is 0 Å². The number of hydrogen-bond donors (Lipinski definition) is 1. The summed E-state index contributed by atoms with van der Waals surface area (Å²) < 4.78 is 16.3. The Kier molecular flexibility index (Phi) is 7.75. The second-order valence-corrected chi connectivity index (χ2v) is 7.19. The second kappa shape index (κ2) is 10.9. The van der Waals surface area contributed by atoms with Gasteiger partial charge >= 0.3 is 0 Å². The van der Waals surface area contributed by atoms with Gasteiger partial charge in [-0.3, -0.25) is 4.98 Å². The minimum absolute atomic E-state index is 0.591. The predicted octanol–water partition coefficient (Wildman–Crippen LogP) is 5.52. The summed E-state index contributed by atoms with van der Waals surface area (Å²) in [6.45, 7) is 0. The summed E-state index contributed by atoms with van der Waals surface area (Å²) in [4.78, 5) is 9.23. The highest BCUT2D eigenvalue weighted by atomic mass is 16.5. The van der Waals surface area contributed by atoms with Gasteiger partial charge in [-0.1, -0.05) is 18.2 Å². The Labute approximate surface area is 189 Å². The van der Waals surface area contributed by atoms with Crippen LogP contribution in [0.15, 0.2) is 79.3 Å². The van der Waals surface area contributed by atoms with E-state index < -0.39 is 0 Å². The summed E-state index contributed by atoms with van der Waals surface area (Å²) in [6, 6.07) is 20.1. The molecular formula is C26H29N3O3. The molecule has 0 aliphatic rings. The zero-order valence-corrected chi connectivity index (χ0v) is 19.1. The zero-order chi connectivity index (χ0) is 22.9. The van der Waals surface area contributed by atoms with E-state index in [0.29, 0.717) is 17.2 Å². The third kappa shape index (κ3) is 5.40. The van der Waals surface area contributed by atoms with Crippen LogP contribution in [0.2, 0.25) is 0 Å². The molecule has 0 unspecified atom stereocenters. The van der Waals surface area contributed by atoms with Crippen LogP contribution in [0.1, 0.15) is 0 Å². The SMILES string of the molecule is COc1cc(-c2c[nH]c(-c3cccc(N(C)C)c3)c2)cc(OC)c1OC.c1ccncc1. The summed E-state index contributed by atoms with van der Waals surface area (Å²) in [5.41, 5.74) is 5.39. The number of hydrogen-bond acceptors (Lipinski definition) is 5. The number of ether oxygens (including phenoxy) is 3. The van der Waals surface area contributed by atoms with Gasteiger partial charge < -0.3 is 24.1 Å². The first-order chi connectivity index (χ1) is 15.6. The molecule has 2 aromatic carbocycles. The highest BCUT2D eigenvalue weighted by Crippen LogP contribution is 2.41. The lowest BCUT2D eigenvalue weighted by molar-refractivity contribution is 0.324. The molecule has 0 saturated carbocycles. The average molecular weight is 432 g/mol. The lowest BCUT2D eigenvalue weighted by Gasteiger charge is -2.13. The van der Waals surface area contributed by atoms with Gasteiger partial charge in [0.2, 0.25) is 5.75 Å². The monoisotopic (exact) mass is 431 g/mol. The molecule has 0 amide bonds. The van der Waals surface area contributed by atoms with Crippen LogP contribution < -0.4 is 19.1 Å². The van der Waals surface area contributed by atoms with Crippen molar-refractivity contribution in [3.05, 3.63) is 79.3 Å². The highest BCUT2D eigenvalue weighted by Gasteiger charge is 2.15. The van der Waals surface area contributed by atoms with Crippen molar-refractivity contribution < 1.29 is 14.2 Å². The largest absolute Gasteiger partial charge is 0.493 e. The van der Waals surface area contributed by atoms with Crippen LogP contribution in [0.4, 0.5) is 5.69 Å². The fourth-order valence-electron chi connectivity index (χ4n) is 3.24. The van der Waals surface area contributed by atoms with Gasteiger partial charge in [0.05, 0.1) is 21.3 Å². The summed E-state index contributed by atoms with van der Waals surface area (Å²) in [5, 5.41) is 0. The minimum atomic E-state index is 0.591. The minimum Gasteiger partial charge on any atom is -0.493 e. The van der Waals surface area contributed by atoms with Crippen LogP contribution in [0.5, 0.6) is 17.2 Å². The number of methoxy groups -OCH3 is 3. The first-order valence-electron chi connectivity index (χ1n) is 10.2. The fraction of sp³-hybridized carbons (Fsp3) is 0.192. The van der Waals surface area contributed by atoms with Crippen molar-refractivity contribution in [3.63, 3.8) is 0 Å². The molecule has 166 valence electrons. The van der Waals surface area contributed by atoms with Crippen LogP contribution in [-0.2, 0) is 0 Å². The lowest BCUT2D eigenvalue weighted by atomic mass is 10.1. The van der Waals surface area contributed by atoms with E-state index in [0.717, 1.165) is 28.1 Å². The molecule has 0 atom stereocenters. The van der Waals surface area contributed by atoms with Gasteiger partial charge in [0, 0.05) is 49.6 Å². The van der Waals surface area contributed by atoms with Crippen molar-refractivity contribution in [1.29, 1.82) is 0 Å². The average Bonchev–Trinajstić information content (AvgIpc) is 3.35. The van der Waals surface area contributed by atoms with Crippen molar-refractivity contribution in [1.82, 2.24) is 9.97 Å². The van der Waals surface area contributed by atoms with Crippen LogP contribution >= 0.6 is 0 Å². The number of aromatic nitrogens is 2. The number of anilines is 1. The van der Waals surface area contributed by atoms with Gasteiger partial charge in [0.25, 0.3) is 0 Å². The third-order valence-electron chi connectivity index (χ3n) is 4.92. The molecule has 0 aliphatic carbocycles.